The zero-order chi connectivity index (χ0) is 14.7. The molecule has 1 aromatic carbocycles. The maximum atomic E-state index is 11.9. The van der Waals surface area contributed by atoms with Crippen molar-refractivity contribution in [3.05, 3.63) is 39.3 Å². The Labute approximate surface area is 131 Å². The highest BCUT2D eigenvalue weighted by Crippen LogP contribution is 2.13. The number of nitrogens with zero attached hydrogens (tertiary/aromatic N) is 3. The van der Waals surface area contributed by atoms with Gasteiger partial charge < -0.3 is 5.32 Å². The number of ketones is 1. The fourth-order valence-electron chi connectivity index (χ4n) is 1.55. The van der Waals surface area contributed by atoms with E-state index in [1.165, 1.54) is 11.6 Å². The van der Waals surface area contributed by atoms with Gasteiger partial charge in [-0.2, -0.15) is 4.98 Å². The zero-order valence-corrected chi connectivity index (χ0v) is 13.6. The van der Waals surface area contributed by atoms with E-state index >= 15 is 0 Å². The first-order valence-electron chi connectivity index (χ1n) is 5.62. The van der Waals surface area contributed by atoms with Gasteiger partial charge in [0.15, 0.2) is 10.5 Å². The van der Waals surface area contributed by atoms with Crippen LogP contribution in [0.1, 0.15) is 17.3 Å². The first-order valence-corrected chi connectivity index (χ1v) is 7.21. The average molecular weight is 402 g/mol. The summed E-state index contributed by atoms with van der Waals surface area (Å²) in [5.41, 5.74) is 1.12. The second kappa shape index (κ2) is 6.27. The summed E-state index contributed by atoms with van der Waals surface area (Å²) in [6.07, 6.45) is 0. The molecule has 0 saturated carbocycles. The third kappa shape index (κ3) is 3.73. The molecule has 1 aromatic heterocycles. The van der Waals surface area contributed by atoms with Crippen molar-refractivity contribution < 1.29 is 9.59 Å². The summed E-state index contributed by atoms with van der Waals surface area (Å²) >= 11 is 6.32. The molecule has 0 radical (unpaired) electrons. The minimum atomic E-state index is -0.260. The van der Waals surface area contributed by atoms with Crippen molar-refractivity contribution in [2.45, 2.75) is 13.5 Å². The molecule has 1 amide bonds. The van der Waals surface area contributed by atoms with Crippen molar-refractivity contribution in [2.75, 3.05) is 5.32 Å². The second-order valence-corrected chi connectivity index (χ2v) is 5.41. The highest BCUT2D eigenvalue weighted by molar-refractivity contribution is 9.11. The zero-order valence-electron chi connectivity index (χ0n) is 10.4. The number of aromatic nitrogens is 3. The molecule has 20 heavy (non-hydrogen) atoms. The Kier molecular flexibility index (Phi) is 4.66. The molecule has 0 spiro atoms. The monoisotopic (exact) mass is 400 g/mol. The van der Waals surface area contributed by atoms with Gasteiger partial charge in [0.25, 0.3) is 0 Å². The van der Waals surface area contributed by atoms with Crippen LogP contribution in [-0.4, -0.2) is 26.5 Å². The minimum absolute atomic E-state index is 0.0173. The van der Waals surface area contributed by atoms with Crippen molar-refractivity contribution in [2.24, 2.45) is 0 Å². The molecule has 0 unspecified atom stereocenters. The lowest BCUT2D eigenvalue weighted by Crippen LogP contribution is -2.19. The standard InChI is InChI=1S/C12H10Br2N4O2/c1-7(19)8-3-2-4-9(5-8)15-10(20)6-18-12(14)16-11(13)17-18/h2-5H,6H2,1H3,(H,15,20). The number of carbonyl (C=O) groups is 2. The molecule has 0 bridgehead atoms. The molecule has 8 heteroatoms. The molecule has 2 aromatic rings. The predicted molar refractivity (Wildman–Crippen MR) is 80.5 cm³/mol. The van der Waals surface area contributed by atoms with Gasteiger partial charge in [-0.3, -0.25) is 9.59 Å². The van der Waals surface area contributed by atoms with Crippen LogP contribution in [0.5, 0.6) is 0 Å². The van der Waals surface area contributed by atoms with Crippen LogP contribution in [0.4, 0.5) is 5.69 Å². The Morgan fingerprint density at radius 2 is 2.10 bits per heavy atom. The highest BCUT2D eigenvalue weighted by Gasteiger charge is 2.10. The molecule has 0 aliphatic rings. The fraction of sp³-hybridized carbons (Fsp3) is 0.167. The number of nitrogens with one attached hydrogen (secondary N) is 1. The normalized spacial score (nSPS) is 10.3. The summed E-state index contributed by atoms with van der Waals surface area (Å²) in [4.78, 5) is 27.1. The summed E-state index contributed by atoms with van der Waals surface area (Å²) in [5, 5.41) is 6.70. The van der Waals surface area contributed by atoms with Gasteiger partial charge >= 0.3 is 0 Å². The molecule has 2 rings (SSSR count). The number of carbonyl (C=O) groups excluding carboxylic acids is 2. The molecule has 1 heterocycles. The first-order chi connectivity index (χ1) is 9.45. The third-order valence-electron chi connectivity index (χ3n) is 2.45. The molecule has 0 aliphatic carbocycles. The largest absolute Gasteiger partial charge is 0.324 e. The SMILES string of the molecule is CC(=O)c1cccc(NC(=O)Cn2nc(Br)nc2Br)c1. The molecular formula is C12H10Br2N4O2. The van der Waals surface area contributed by atoms with Crippen LogP contribution in [0.15, 0.2) is 33.7 Å². The van der Waals surface area contributed by atoms with Gasteiger partial charge in [0.05, 0.1) is 0 Å². The Morgan fingerprint density at radius 3 is 2.70 bits per heavy atom. The Hall–Kier alpha value is -1.54. The molecule has 1 N–H and O–H groups in total. The van der Waals surface area contributed by atoms with Crippen LogP contribution in [0.2, 0.25) is 0 Å². The van der Waals surface area contributed by atoms with Crippen molar-refractivity contribution >= 4 is 49.2 Å². The van der Waals surface area contributed by atoms with Gasteiger partial charge in [-0.15, -0.1) is 5.10 Å². The Morgan fingerprint density at radius 1 is 1.35 bits per heavy atom. The van der Waals surface area contributed by atoms with Crippen molar-refractivity contribution in [3.63, 3.8) is 0 Å². The van der Waals surface area contributed by atoms with Crippen LogP contribution in [0, 0.1) is 0 Å². The molecular weight excluding hydrogens is 392 g/mol. The summed E-state index contributed by atoms with van der Waals surface area (Å²) in [6, 6.07) is 6.76. The lowest BCUT2D eigenvalue weighted by Gasteiger charge is -2.06. The van der Waals surface area contributed by atoms with Gasteiger partial charge in [0.2, 0.25) is 10.6 Å². The molecule has 0 aliphatic heterocycles. The lowest BCUT2D eigenvalue weighted by atomic mass is 10.1. The van der Waals surface area contributed by atoms with Crippen molar-refractivity contribution in [1.82, 2.24) is 14.8 Å². The number of hydrogen-bond donors (Lipinski definition) is 1. The van der Waals surface area contributed by atoms with Crippen LogP contribution >= 0.6 is 31.9 Å². The predicted octanol–water partition coefficient (Wildman–Crippen LogP) is 2.64. The third-order valence-corrected chi connectivity index (χ3v) is 3.37. The van der Waals surface area contributed by atoms with Crippen LogP contribution in [0.3, 0.4) is 0 Å². The van der Waals surface area contributed by atoms with Gasteiger partial charge in [-0.1, -0.05) is 12.1 Å². The van der Waals surface area contributed by atoms with Crippen LogP contribution < -0.4 is 5.32 Å². The van der Waals surface area contributed by atoms with E-state index in [2.05, 4.69) is 47.3 Å². The average Bonchev–Trinajstić information content (AvgIpc) is 2.67. The van der Waals surface area contributed by atoms with Gasteiger partial charge in [0, 0.05) is 11.3 Å². The van der Waals surface area contributed by atoms with E-state index < -0.39 is 0 Å². The number of halogens is 2. The van der Waals surface area contributed by atoms with E-state index in [-0.39, 0.29) is 18.2 Å². The number of amides is 1. The minimum Gasteiger partial charge on any atom is -0.324 e. The summed E-state index contributed by atoms with van der Waals surface area (Å²) in [6.45, 7) is 1.49. The maximum absolute atomic E-state index is 11.9. The highest BCUT2D eigenvalue weighted by atomic mass is 79.9. The number of Topliss-reactive ketones (excluding diaryl/α,β-unsaturated/α-hetero) is 1. The van der Waals surface area contributed by atoms with E-state index in [0.29, 0.717) is 20.7 Å². The van der Waals surface area contributed by atoms with E-state index in [1.54, 1.807) is 24.3 Å². The number of rotatable bonds is 4. The summed E-state index contributed by atoms with van der Waals surface area (Å²) in [7, 11) is 0. The van der Waals surface area contributed by atoms with E-state index in [9.17, 15) is 9.59 Å². The summed E-state index contributed by atoms with van der Waals surface area (Å²) in [5.74, 6) is -0.312. The molecule has 0 atom stereocenters. The van der Waals surface area contributed by atoms with E-state index in [1.807, 2.05) is 0 Å². The second-order valence-electron chi connectivity index (χ2n) is 3.99. The van der Waals surface area contributed by atoms with Crippen LogP contribution in [0.25, 0.3) is 0 Å². The van der Waals surface area contributed by atoms with Gasteiger partial charge in [-0.05, 0) is 50.9 Å². The van der Waals surface area contributed by atoms with Gasteiger partial charge in [-0.25, -0.2) is 4.68 Å². The Balaban J connectivity index is 2.06. The first kappa shape index (κ1) is 14.9. The Bertz CT molecular complexity index is 669. The van der Waals surface area contributed by atoms with Crippen molar-refractivity contribution in [1.29, 1.82) is 0 Å². The fourth-order valence-corrected chi connectivity index (χ4v) is 2.52. The number of benzene rings is 1. The smallest absolute Gasteiger partial charge is 0.246 e. The molecule has 0 saturated heterocycles. The maximum Gasteiger partial charge on any atom is 0.246 e. The lowest BCUT2D eigenvalue weighted by molar-refractivity contribution is -0.116. The molecule has 6 nitrogen and oxygen atoms in total. The van der Waals surface area contributed by atoms with Crippen molar-refractivity contribution in [3.8, 4) is 0 Å². The van der Waals surface area contributed by atoms with Gasteiger partial charge in [0.1, 0.15) is 6.54 Å². The number of anilines is 1. The molecule has 104 valence electrons. The van der Waals surface area contributed by atoms with E-state index in [0.717, 1.165) is 0 Å². The topological polar surface area (TPSA) is 76.9 Å². The summed E-state index contributed by atoms with van der Waals surface area (Å²) < 4.78 is 2.27. The molecule has 0 fully saturated rings. The quantitative estimate of drug-likeness (QED) is 0.799. The van der Waals surface area contributed by atoms with Crippen LogP contribution in [-0.2, 0) is 11.3 Å². The van der Waals surface area contributed by atoms with E-state index in [4.69, 9.17) is 0 Å². The number of hydrogen-bond acceptors (Lipinski definition) is 4.